The van der Waals surface area contributed by atoms with E-state index < -0.39 is 5.60 Å². The van der Waals surface area contributed by atoms with Gasteiger partial charge >= 0.3 is 0 Å². The number of nitrogens with zero attached hydrogens (tertiary/aromatic N) is 1. The van der Waals surface area contributed by atoms with E-state index in [1.165, 1.54) is 6.92 Å². The van der Waals surface area contributed by atoms with E-state index in [0.717, 1.165) is 0 Å². The fourth-order valence-corrected chi connectivity index (χ4v) is 2.71. The number of rotatable bonds is 6. The number of hydrogen-bond donors (Lipinski definition) is 2. The normalized spacial score (nSPS) is 27.0. The lowest BCUT2D eigenvalue weighted by Gasteiger charge is -2.58. The fraction of sp³-hybridized carbons (Fsp3) is 0.625. The predicted octanol–water partition coefficient (Wildman–Crippen LogP) is 2.26. The van der Waals surface area contributed by atoms with Gasteiger partial charge in [-0.05, 0) is 26.0 Å². The van der Waals surface area contributed by atoms with Gasteiger partial charge in [0, 0.05) is 36.7 Å². The number of nitrogens with one attached hydrogen (secondary N) is 1. The molecule has 0 aliphatic heterocycles. The topological polar surface area (TPSA) is 71.5 Å². The number of aromatic nitrogens is 1. The second-order valence-electron chi connectivity index (χ2n) is 6.24. The molecular formula is C16H24N2O3. The Morgan fingerprint density at radius 2 is 2.24 bits per heavy atom. The molecule has 2 atom stereocenters. The second-order valence-corrected chi connectivity index (χ2v) is 6.24. The second kappa shape index (κ2) is 5.73. The van der Waals surface area contributed by atoms with Crippen molar-refractivity contribution in [1.82, 2.24) is 4.98 Å². The molecule has 5 heteroatoms. The van der Waals surface area contributed by atoms with Crippen molar-refractivity contribution in [3.63, 3.8) is 0 Å². The molecule has 116 valence electrons. The molecule has 2 N–H and O–H groups in total. The minimum atomic E-state index is -0.812. The molecule has 1 aliphatic carbocycles. The van der Waals surface area contributed by atoms with Crippen LogP contribution in [0, 0.1) is 5.41 Å². The summed E-state index contributed by atoms with van der Waals surface area (Å²) in [7, 11) is 0. The van der Waals surface area contributed by atoms with Crippen LogP contribution in [0.15, 0.2) is 18.3 Å². The number of carbonyl (C=O) groups excluding carboxylic acids is 1. The molecule has 0 bridgehead atoms. The summed E-state index contributed by atoms with van der Waals surface area (Å²) >= 11 is 0. The van der Waals surface area contributed by atoms with Crippen molar-refractivity contribution in [2.75, 3.05) is 18.5 Å². The predicted molar refractivity (Wildman–Crippen MR) is 81.5 cm³/mol. The summed E-state index contributed by atoms with van der Waals surface area (Å²) in [5.41, 5.74) is -0.525. The van der Waals surface area contributed by atoms with Gasteiger partial charge in [-0.25, -0.2) is 4.98 Å². The van der Waals surface area contributed by atoms with Gasteiger partial charge in [0.05, 0.1) is 11.7 Å². The van der Waals surface area contributed by atoms with E-state index in [1.807, 2.05) is 20.8 Å². The molecule has 1 aromatic rings. The summed E-state index contributed by atoms with van der Waals surface area (Å²) in [6, 6.07) is 3.49. The van der Waals surface area contributed by atoms with Gasteiger partial charge in [-0.3, -0.25) is 4.79 Å². The first kappa shape index (κ1) is 15.9. The van der Waals surface area contributed by atoms with Crippen molar-refractivity contribution in [2.24, 2.45) is 5.41 Å². The summed E-state index contributed by atoms with van der Waals surface area (Å²) in [5, 5.41) is 13.9. The number of pyridine rings is 1. The van der Waals surface area contributed by atoms with Crippen molar-refractivity contribution in [3.05, 3.63) is 23.9 Å². The van der Waals surface area contributed by atoms with Gasteiger partial charge < -0.3 is 15.2 Å². The van der Waals surface area contributed by atoms with E-state index in [0.29, 0.717) is 31.0 Å². The van der Waals surface area contributed by atoms with Gasteiger partial charge in [0.2, 0.25) is 0 Å². The van der Waals surface area contributed by atoms with Gasteiger partial charge in [0.15, 0.2) is 5.78 Å². The summed E-state index contributed by atoms with van der Waals surface area (Å²) in [5.74, 6) is 0.649. The van der Waals surface area contributed by atoms with E-state index in [4.69, 9.17) is 4.74 Å². The average Bonchev–Trinajstić information content (AvgIpc) is 2.45. The summed E-state index contributed by atoms with van der Waals surface area (Å²) in [6.07, 6.45) is 2.25. The molecule has 0 amide bonds. The lowest BCUT2D eigenvalue weighted by atomic mass is 9.56. The Morgan fingerprint density at radius 3 is 2.71 bits per heavy atom. The third-order valence-electron chi connectivity index (χ3n) is 4.63. The van der Waals surface area contributed by atoms with Crippen molar-refractivity contribution in [3.8, 4) is 0 Å². The van der Waals surface area contributed by atoms with Gasteiger partial charge in [0.25, 0.3) is 0 Å². The minimum Gasteiger partial charge on any atom is -0.387 e. The highest BCUT2D eigenvalue weighted by Gasteiger charge is 2.59. The first-order valence-electron chi connectivity index (χ1n) is 7.35. The quantitative estimate of drug-likeness (QED) is 0.787. The monoisotopic (exact) mass is 292 g/mol. The standard InChI is InChI=1S/C16H24N2O3/c1-5-21-13-8-16(20,15(13,3)4)10-18-14-7-6-12(9-17-14)11(2)19/h6-7,9,13,20H,5,8,10H2,1-4H3,(H,17,18)/t13-,16+/m0/s1. The van der Waals surface area contributed by atoms with E-state index in [9.17, 15) is 9.90 Å². The van der Waals surface area contributed by atoms with E-state index >= 15 is 0 Å². The highest BCUT2D eigenvalue weighted by Crippen LogP contribution is 2.51. The minimum absolute atomic E-state index is 0.00707. The Morgan fingerprint density at radius 1 is 1.52 bits per heavy atom. The summed E-state index contributed by atoms with van der Waals surface area (Å²) in [6.45, 7) is 8.58. The third-order valence-corrected chi connectivity index (χ3v) is 4.63. The van der Waals surface area contributed by atoms with Gasteiger partial charge in [-0.15, -0.1) is 0 Å². The molecule has 5 nitrogen and oxygen atoms in total. The van der Waals surface area contributed by atoms with Crippen LogP contribution in [0.2, 0.25) is 0 Å². The van der Waals surface area contributed by atoms with Crippen LogP contribution in [0.5, 0.6) is 0 Å². The van der Waals surface area contributed by atoms with Crippen LogP contribution in [0.1, 0.15) is 44.5 Å². The average molecular weight is 292 g/mol. The summed E-state index contributed by atoms with van der Waals surface area (Å²) < 4.78 is 5.64. The molecule has 1 aliphatic rings. The highest BCUT2D eigenvalue weighted by atomic mass is 16.5. The maximum Gasteiger partial charge on any atom is 0.161 e. The van der Waals surface area contributed by atoms with Gasteiger partial charge in [-0.2, -0.15) is 0 Å². The Bertz CT molecular complexity index is 513. The zero-order valence-corrected chi connectivity index (χ0v) is 13.1. The number of hydrogen-bond acceptors (Lipinski definition) is 5. The number of ether oxygens (including phenoxy) is 1. The van der Waals surface area contributed by atoms with E-state index in [-0.39, 0.29) is 17.3 Å². The van der Waals surface area contributed by atoms with Crippen LogP contribution >= 0.6 is 0 Å². The zero-order valence-electron chi connectivity index (χ0n) is 13.1. The molecule has 0 radical (unpaired) electrons. The maximum atomic E-state index is 11.2. The van der Waals surface area contributed by atoms with Crippen LogP contribution in [0.25, 0.3) is 0 Å². The maximum absolute atomic E-state index is 11.2. The molecule has 1 fully saturated rings. The number of carbonyl (C=O) groups is 1. The highest BCUT2D eigenvalue weighted by molar-refractivity contribution is 5.93. The molecule has 0 spiro atoms. The van der Waals surface area contributed by atoms with Crippen LogP contribution in [0.4, 0.5) is 5.82 Å². The van der Waals surface area contributed by atoms with Crippen molar-refractivity contribution >= 4 is 11.6 Å². The van der Waals surface area contributed by atoms with Gasteiger partial charge in [-0.1, -0.05) is 13.8 Å². The molecule has 0 aromatic carbocycles. The lowest BCUT2D eigenvalue weighted by molar-refractivity contribution is -0.233. The van der Waals surface area contributed by atoms with E-state index in [1.54, 1.807) is 18.3 Å². The first-order chi connectivity index (χ1) is 9.80. The molecule has 1 heterocycles. The number of ketones is 1. The fourth-order valence-electron chi connectivity index (χ4n) is 2.71. The number of Topliss-reactive ketones (excluding diaryl/α,β-unsaturated/α-hetero) is 1. The van der Waals surface area contributed by atoms with Crippen molar-refractivity contribution < 1.29 is 14.6 Å². The third kappa shape index (κ3) is 2.94. The molecule has 1 saturated carbocycles. The van der Waals surface area contributed by atoms with Crippen LogP contribution in [-0.2, 0) is 4.74 Å². The smallest absolute Gasteiger partial charge is 0.161 e. The largest absolute Gasteiger partial charge is 0.387 e. The van der Waals surface area contributed by atoms with Crippen LogP contribution < -0.4 is 5.32 Å². The molecule has 1 aromatic heterocycles. The summed E-state index contributed by atoms with van der Waals surface area (Å²) in [4.78, 5) is 15.4. The molecular weight excluding hydrogens is 268 g/mol. The molecule has 21 heavy (non-hydrogen) atoms. The Balaban J connectivity index is 1.95. The van der Waals surface area contributed by atoms with Crippen molar-refractivity contribution in [1.29, 1.82) is 0 Å². The van der Waals surface area contributed by atoms with Crippen LogP contribution in [-0.4, -0.2) is 40.7 Å². The van der Waals surface area contributed by atoms with Gasteiger partial charge in [0.1, 0.15) is 5.82 Å². The van der Waals surface area contributed by atoms with Crippen molar-refractivity contribution in [2.45, 2.75) is 45.8 Å². The number of aliphatic hydroxyl groups is 1. The molecule has 0 unspecified atom stereocenters. The molecule has 2 rings (SSSR count). The van der Waals surface area contributed by atoms with Crippen LogP contribution in [0.3, 0.4) is 0 Å². The Hall–Kier alpha value is -1.46. The lowest BCUT2D eigenvalue weighted by Crippen LogP contribution is -2.67. The zero-order chi connectivity index (χ0) is 15.7. The molecule has 0 saturated heterocycles. The van der Waals surface area contributed by atoms with E-state index in [2.05, 4.69) is 10.3 Å². The SMILES string of the molecule is CCO[C@H]1C[C@@](O)(CNc2ccc(C(C)=O)cn2)C1(C)C. The Labute approximate surface area is 125 Å². The first-order valence-corrected chi connectivity index (χ1v) is 7.35. The Kier molecular flexibility index (Phi) is 4.35. The number of anilines is 1.